The average Bonchev–Trinajstić information content (AvgIpc) is 2.49. The molecule has 1 fully saturated rings. The third kappa shape index (κ3) is 4.71. The molecule has 0 saturated heterocycles. The Bertz CT molecular complexity index is 501. The molecular formula is C16H24ClN3O2. The molecule has 0 radical (unpaired) electrons. The number of halogens is 1. The lowest BCUT2D eigenvalue weighted by molar-refractivity contribution is -0.131. The first-order valence-corrected chi connectivity index (χ1v) is 7.47. The van der Waals surface area contributed by atoms with E-state index in [0.29, 0.717) is 18.5 Å². The number of carbonyl (C=O) groups is 2. The van der Waals surface area contributed by atoms with Crippen LogP contribution in [-0.4, -0.2) is 23.4 Å². The van der Waals surface area contributed by atoms with Crippen LogP contribution in [0.15, 0.2) is 30.3 Å². The molecule has 22 heavy (non-hydrogen) atoms. The molecule has 1 aromatic rings. The summed E-state index contributed by atoms with van der Waals surface area (Å²) in [6, 6.07) is 8.56. The van der Waals surface area contributed by atoms with E-state index < -0.39 is 11.6 Å². The van der Waals surface area contributed by atoms with Crippen LogP contribution >= 0.6 is 12.4 Å². The molecule has 1 unspecified atom stereocenters. The van der Waals surface area contributed by atoms with Crippen molar-refractivity contribution in [3.05, 3.63) is 30.3 Å². The number of amides is 2. The highest BCUT2D eigenvalue weighted by atomic mass is 35.5. The minimum absolute atomic E-state index is 0. The smallest absolute Gasteiger partial charge is 0.246 e. The normalized spacial score (nSPS) is 17.7. The van der Waals surface area contributed by atoms with E-state index in [-0.39, 0.29) is 24.2 Å². The van der Waals surface area contributed by atoms with Crippen LogP contribution < -0.4 is 16.4 Å². The molecule has 0 spiro atoms. The predicted molar refractivity (Wildman–Crippen MR) is 89.9 cm³/mol. The first-order valence-electron chi connectivity index (χ1n) is 7.47. The van der Waals surface area contributed by atoms with Gasteiger partial charge in [0, 0.05) is 5.69 Å². The zero-order valence-electron chi connectivity index (χ0n) is 12.8. The average molecular weight is 326 g/mol. The topological polar surface area (TPSA) is 84.2 Å². The van der Waals surface area contributed by atoms with E-state index in [2.05, 4.69) is 10.6 Å². The largest absolute Gasteiger partial charge is 0.343 e. The highest BCUT2D eigenvalue weighted by molar-refractivity contribution is 5.98. The van der Waals surface area contributed by atoms with Gasteiger partial charge in [-0.15, -0.1) is 12.4 Å². The molecule has 4 N–H and O–H groups in total. The van der Waals surface area contributed by atoms with Crippen molar-refractivity contribution in [1.82, 2.24) is 5.32 Å². The molecule has 0 aliphatic heterocycles. The van der Waals surface area contributed by atoms with Crippen molar-refractivity contribution < 1.29 is 9.59 Å². The minimum Gasteiger partial charge on any atom is -0.343 e. The van der Waals surface area contributed by atoms with Crippen molar-refractivity contribution in [3.63, 3.8) is 0 Å². The lowest BCUT2D eigenvalue weighted by atomic mass is 9.82. The van der Waals surface area contributed by atoms with Crippen molar-refractivity contribution >= 4 is 29.9 Å². The summed E-state index contributed by atoms with van der Waals surface area (Å²) in [5.41, 5.74) is 6.05. The highest BCUT2D eigenvalue weighted by Crippen LogP contribution is 2.26. The molecule has 1 atom stereocenters. The summed E-state index contributed by atoms with van der Waals surface area (Å²) in [5.74, 6) is -0.466. The molecule has 0 heterocycles. The van der Waals surface area contributed by atoms with Crippen molar-refractivity contribution in [1.29, 1.82) is 0 Å². The number of carbonyl (C=O) groups excluding carboxylic acids is 2. The van der Waals surface area contributed by atoms with Crippen LogP contribution in [0, 0.1) is 0 Å². The van der Waals surface area contributed by atoms with Gasteiger partial charge in [0.25, 0.3) is 0 Å². The Kier molecular flexibility index (Phi) is 6.84. The third-order valence-electron chi connectivity index (χ3n) is 3.98. The van der Waals surface area contributed by atoms with Gasteiger partial charge in [0.05, 0.1) is 5.54 Å². The van der Waals surface area contributed by atoms with Gasteiger partial charge in [0.1, 0.15) is 6.04 Å². The Morgan fingerprint density at radius 2 is 1.73 bits per heavy atom. The fourth-order valence-corrected chi connectivity index (χ4v) is 2.59. The SMILES string of the molecule is CC(NC(=O)C1(N)CCCCC1)C(=O)Nc1ccccc1.Cl. The van der Waals surface area contributed by atoms with Crippen molar-refractivity contribution in [2.24, 2.45) is 5.73 Å². The molecule has 1 saturated carbocycles. The first-order chi connectivity index (χ1) is 10.0. The van der Waals surface area contributed by atoms with Gasteiger partial charge in [-0.05, 0) is 31.9 Å². The molecule has 1 aliphatic rings. The maximum atomic E-state index is 12.3. The molecule has 122 valence electrons. The highest BCUT2D eigenvalue weighted by Gasteiger charge is 2.36. The second-order valence-electron chi connectivity index (χ2n) is 5.77. The van der Waals surface area contributed by atoms with Gasteiger partial charge in [0.15, 0.2) is 0 Å². The fraction of sp³-hybridized carbons (Fsp3) is 0.500. The molecule has 2 amide bonds. The minimum atomic E-state index is -0.820. The van der Waals surface area contributed by atoms with E-state index in [9.17, 15) is 9.59 Å². The van der Waals surface area contributed by atoms with E-state index in [1.165, 1.54) is 0 Å². The number of hydrogen-bond donors (Lipinski definition) is 3. The van der Waals surface area contributed by atoms with Crippen LogP contribution in [-0.2, 0) is 9.59 Å². The number of anilines is 1. The molecular weight excluding hydrogens is 302 g/mol. The molecule has 6 heteroatoms. The van der Waals surface area contributed by atoms with Gasteiger partial charge in [-0.3, -0.25) is 9.59 Å². The quantitative estimate of drug-likeness (QED) is 0.793. The van der Waals surface area contributed by atoms with Crippen molar-refractivity contribution in [3.8, 4) is 0 Å². The summed E-state index contributed by atoms with van der Waals surface area (Å²) >= 11 is 0. The van der Waals surface area contributed by atoms with E-state index in [0.717, 1.165) is 19.3 Å². The van der Waals surface area contributed by atoms with Gasteiger partial charge >= 0.3 is 0 Å². The van der Waals surface area contributed by atoms with E-state index in [1.807, 2.05) is 18.2 Å². The summed E-state index contributed by atoms with van der Waals surface area (Å²) in [5, 5.41) is 5.50. The Morgan fingerprint density at radius 1 is 1.14 bits per heavy atom. The van der Waals surface area contributed by atoms with Crippen LogP contribution in [0.25, 0.3) is 0 Å². The zero-order valence-corrected chi connectivity index (χ0v) is 13.6. The van der Waals surface area contributed by atoms with E-state index in [1.54, 1.807) is 19.1 Å². The van der Waals surface area contributed by atoms with Crippen LogP contribution in [0.3, 0.4) is 0 Å². The third-order valence-corrected chi connectivity index (χ3v) is 3.98. The summed E-state index contributed by atoms with van der Waals surface area (Å²) in [6.07, 6.45) is 4.43. The van der Waals surface area contributed by atoms with Crippen LogP contribution in [0.4, 0.5) is 5.69 Å². The van der Waals surface area contributed by atoms with Gasteiger partial charge in [0.2, 0.25) is 11.8 Å². The molecule has 1 aromatic carbocycles. The van der Waals surface area contributed by atoms with Crippen molar-refractivity contribution in [2.45, 2.75) is 50.6 Å². The van der Waals surface area contributed by atoms with Crippen LogP contribution in [0.5, 0.6) is 0 Å². The van der Waals surface area contributed by atoms with Gasteiger partial charge < -0.3 is 16.4 Å². The van der Waals surface area contributed by atoms with Gasteiger partial charge in [-0.25, -0.2) is 0 Å². The summed E-state index contributed by atoms with van der Waals surface area (Å²) in [6.45, 7) is 1.67. The van der Waals surface area contributed by atoms with E-state index >= 15 is 0 Å². The van der Waals surface area contributed by atoms with E-state index in [4.69, 9.17) is 5.73 Å². The molecule has 0 aromatic heterocycles. The molecule has 5 nitrogen and oxygen atoms in total. The standard InChI is InChI=1S/C16H23N3O2.ClH/c1-12(14(20)19-13-8-4-2-5-9-13)18-15(21)16(17)10-6-3-7-11-16;/h2,4-5,8-9,12H,3,6-7,10-11,17H2,1H3,(H,18,21)(H,19,20);1H. The Labute approximate surface area is 137 Å². The number of para-hydroxylation sites is 1. The molecule has 1 aliphatic carbocycles. The maximum absolute atomic E-state index is 12.3. The first kappa shape index (κ1) is 18.5. The lowest BCUT2D eigenvalue weighted by Gasteiger charge is -2.32. The summed E-state index contributed by atoms with van der Waals surface area (Å²) in [4.78, 5) is 24.3. The van der Waals surface area contributed by atoms with Crippen molar-refractivity contribution in [2.75, 3.05) is 5.32 Å². The second kappa shape index (κ2) is 8.15. The number of nitrogens with one attached hydrogen (secondary N) is 2. The predicted octanol–water partition coefficient (Wildman–Crippen LogP) is 2.21. The number of nitrogens with two attached hydrogens (primary N) is 1. The van der Waals surface area contributed by atoms with Gasteiger partial charge in [-0.1, -0.05) is 37.5 Å². The molecule has 0 bridgehead atoms. The molecule has 2 rings (SSSR count). The van der Waals surface area contributed by atoms with Crippen LogP contribution in [0.1, 0.15) is 39.0 Å². The maximum Gasteiger partial charge on any atom is 0.246 e. The Morgan fingerprint density at radius 3 is 2.32 bits per heavy atom. The summed E-state index contributed by atoms with van der Waals surface area (Å²) in [7, 11) is 0. The number of benzene rings is 1. The monoisotopic (exact) mass is 325 g/mol. The Hall–Kier alpha value is -1.59. The Balaban J connectivity index is 0.00000242. The lowest BCUT2D eigenvalue weighted by Crippen LogP contribution is -2.58. The second-order valence-corrected chi connectivity index (χ2v) is 5.77. The van der Waals surface area contributed by atoms with Crippen LogP contribution in [0.2, 0.25) is 0 Å². The number of rotatable bonds is 4. The fourth-order valence-electron chi connectivity index (χ4n) is 2.59. The van der Waals surface area contributed by atoms with Gasteiger partial charge in [-0.2, -0.15) is 0 Å². The number of hydrogen-bond acceptors (Lipinski definition) is 3. The summed E-state index contributed by atoms with van der Waals surface area (Å²) < 4.78 is 0. The zero-order chi connectivity index (χ0) is 15.3.